The molecule has 2 aromatic rings. The van der Waals surface area contributed by atoms with E-state index in [1.165, 1.54) is 0 Å². The van der Waals surface area contributed by atoms with Crippen molar-refractivity contribution in [2.75, 3.05) is 7.11 Å². The van der Waals surface area contributed by atoms with Crippen LogP contribution in [0.4, 0.5) is 5.69 Å². The zero-order chi connectivity index (χ0) is 14.4. The van der Waals surface area contributed by atoms with E-state index in [1.807, 2.05) is 24.3 Å². The summed E-state index contributed by atoms with van der Waals surface area (Å²) in [5.74, 6) is 0.888. The highest BCUT2D eigenvalue weighted by atomic mass is 35.5. The van der Waals surface area contributed by atoms with Gasteiger partial charge >= 0.3 is 0 Å². The minimum Gasteiger partial charge on any atom is -0.506 e. The van der Waals surface area contributed by atoms with E-state index in [4.69, 9.17) is 16.3 Å². The third-order valence-corrected chi connectivity index (χ3v) is 2.88. The van der Waals surface area contributed by atoms with E-state index in [0.717, 1.165) is 11.3 Å². The third kappa shape index (κ3) is 3.62. The molecule has 3 nitrogen and oxygen atoms in total. The first-order valence-electron chi connectivity index (χ1n) is 6.03. The largest absolute Gasteiger partial charge is 0.506 e. The maximum absolute atomic E-state index is 9.57. The van der Waals surface area contributed by atoms with Gasteiger partial charge in [0, 0.05) is 16.8 Å². The fourth-order valence-electron chi connectivity index (χ4n) is 1.68. The van der Waals surface area contributed by atoms with Gasteiger partial charge in [0.1, 0.15) is 17.2 Å². The molecular formula is C16H14ClNO2. The molecule has 20 heavy (non-hydrogen) atoms. The molecule has 0 saturated carbocycles. The average Bonchev–Trinajstić information content (AvgIpc) is 2.45. The van der Waals surface area contributed by atoms with Crippen LogP contribution in [-0.4, -0.2) is 18.4 Å². The maximum Gasteiger partial charge on any atom is 0.141 e. The van der Waals surface area contributed by atoms with Gasteiger partial charge in [-0.3, -0.25) is 4.99 Å². The number of methoxy groups -OCH3 is 1. The number of ether oxygens (including phenoxy) is 1. The zero-order valence-electron chi connectivity index (χ0n) is 11.0. The predicted molar refractivity (Wildman–Crippen MR) is 83.3 cm³/mol. The molecule has 0 saturated heterocycles. The van der Waals surface area contributed by atoms with Crippen molar-refractivity contribution in [3.63, 3.8) is 0 Å². The van der Waals surface area contributed by atoms with E-state index in [0.29, 0.717) is 10.7 Å². The molecule has 0 aliphatic carbocycles. The minimum absolute atomic E-state index is 0.150. The summed E-state index contributed by atoms with van der Waals surface area (Å²) in [5, 5.41) is 10.2. The average molecular weight is 288 g/mol. The molecular weight excluding hydrogens is 274 g/mol. The van der Waals surface area contributed by atoms with Crippen molar-refractivity contribution < 1.29 is 9.84 Å². The first-order valence-corrected chi connectivity index (χ1v) is 6.41. The van der Waals surface area contributed by atoms with E-state index in [9.17, 15) is 5.11 Å². The Balaban J connectivity index is 2.14. The molecule has 0 radical (unpaired) electrons. The number of hydrogen-bond acceptors (Lipinski definition) is 3. The van der Waals surface area contributed by atoms with Crippen molar-refractivity contribution in [2.24, 2.45) is 4.99 Å². The van der Waals surface area contributed by atoms with E-state index in [2.05, 4.69) is 4.99 Å². The fraction of sp³-hybridized carbons (Fsp3) is 0.0625. The molecule has 0 aliphatic heterocycles. The van der Waals surface area contributed by atoms with Crippen LogP contribution in [0.5, 0.6) is 11.5 Å². The summed E-state index contributed by atoms with van der Waals surface area (Å²) in [7, 11) is 1.61. The molecule has 4 heteroatoms. The molecule has 0 bridgehead atoms. The number of aliphatic imine (C=N–C) groups is 1. The molecule has 0 amide bonds. The number of benzene rings is 2. The highest BCUT2D eigenvalue weighted by Crippen LogP contribution is 2.25. The maximum atomic E-state index is 9.57. The molecule has 0 fully saturated rings. The monoisotopic (exact) mass is 287 g/mol. The topological polar surface area (TPSA) is 41.8 Å². The Kier molecular flexibility index (Phi) is 4.80. The predicted octanol–water partition coefficient (Wildman–Crippen LogP) is 4.47. The van der Waals surface area contributed by atoms with Gasteiger partial charge in [-0.05, 0) is 42.5 Å². The standard InChI is InChI=1S/C16H14ClNO2/c1-20-16-9-8-13(17)11-12(16)5-4-10-18-14-6-2-3-7-15(14)19/h2-11,19H,1H3/b5-4+,18-10?. The van der Waals surface area contributed by atoms with Crippen LogP contribution in [0.2, 0.25) is 5.02 Å². The van der Waals surface area contributed by atoms with Crippen molar-refractivity contribution in [1.29, 1.82) is 0 Å². The van der Waals surface area contributed by atoms with Crippen LogP contribution in [0.25, 0.3) is 6.08 Å². The summed E-state index contributed by atoms with van der Waals surface area (Å²) in [5.41, 5.74) is 1.39. The molecule has 0 spiro atoms. The lowest BCUT2D eigenvalue weighted by Crippen LogP contribution is -1.86. The molecule has 0 aliphatic rings. The van der Waals surface area contributed by atoms with Gasteiger partial charge in [-0.2, -0.15) is 0 Å². The van der Waals surface area contributed by atoms with Crippen LogP contribution < -0.4 is 4.74 Å². The second kappa shape index (κ2) is 6.78. The number of phenols is 1. The van der Waals surface area contributed by atoms with Gasteiger partial charge in [0.15, 0.2) is 0 Å². The second-order valence-electron chi connectivity index (χ2n) is 4.01. The van der Waals surface area contributed by atoms with Crippen LogP contribution >= 0.6 is 11.6 Å². The highest BCUT2D eigenvalue weighted by molar-refractivity contribution is 6.30. The summed E-state index contributed by atoms with van der Waals surface area (Å²) >= 11 is 5.95. The first-order chi connectivity index (χ1) is 9.70. The Hall–Kier alpha value is -2.26. The molecule has 2 rings (SSSR count). The Morgan fingerprint density at radius 1 is 1.20 bits per heavy atom. The quantitative estimate of drug-likeness (QED) is 0.843. The normalized spacial score (nSPS) is 11.3. The van der Waals surface area contributed by atoms with E-state index in [1.54, 1.807) is 43.7 Å². The van der Waals surface area contributed by atoms with Gasteiger partial charge in [-0.15, -0.1) is 0 Å². The number of rotatable bonds is 4. The van der Waals surface area contributed by atoms with E-state index >= 15 is 0 Å². The second-order valence-corrected chi connectivity index (χ2v) is 4.45. The minimum atomic E-state index is 0.150. The van der Waals surface area contributed by atoms with Gasteiger partial charge in [0.25, 0.3) is 0 Å². The molecule has 1 N–H and O–H groups in total. The first kappa shape index (κ1) is 14.2. The number of allylic oxidation sites excluding steroid dienone is 1. The number of phenolic OH excluding ortho intramolecular Hbond substituents is 1. The summed E-state index contributed by atoms with van der Waals surface area (Å²) < 4.78 is 5.24. The summed E-state index contributed by atoms with van der Waals surface area (Å²) in [6.45, 7) is 0. The van der Waals surface area contributed by atoms with E-state index in [-0.39, 0.29) is 5.75 Å². The van der Waals surface area contributed by atoms with Gasteiger partial charge in [0.2, 0.25) is 0 Å². The SMILES string of the molecule is COc1ccc(Cl)cc1/C=C/C=Nc1ccccc1O. The lowest BCUT2D eigenvalue weighted by atomic mass is 10.2. The van der Waals surface area contributed by atoms with Crippen molar-refractivity contribution in [3.05, 3.63) is 59.1 Å². The van der Waals surface area contributed by atoms with Gasteiger partial charge < -0.3 is 9.84 Å². The lowest BCUT2D eigenvalue weighted by molar-refractivity contribution is 0.414. The van der Waals surface area contributed by atoms with Crippen LogP contribution in [-0.2, 0) is 0 Å². The number of para-hydroxylation sites is 2. The summed E-state index contributed by atoms with van der Waals surface area (Å²) in [4.78, 5) is 4.16. The molecule has 0 aromatic heterocycles. The number of halogens is 1. The molecule has 0 heterocycles. The third-order valence-electron chi connectivity index (χ3n) is 2.65. The van der Waals surface area contributed by atoms with Crippen molar-refractivity contribution in [3.8, 4) is 11.5 Å². The highest BCUT2D eigenvalue weighted by Gasteiger charge is 1.99. The lowest BCUT2D eigenvalue weighted by Gasteiger charge is -2.04. The fourth-order valence-corrected chi connectivity index (χ4v) is 1.86. The number of aromatic hydroxyl groups is 1. The van der Waals surface area contributed by atoms with Crippen molar-refractivity contribution in [1.82, 2.24) is 0 Å². The van der Waals surface area contributed by atoms with Crippen molar-refractivity contribution in [2.45, 2.75) is 0 Å². The Morgan fingerprint density at radius 2 is 2.00 bits per heavy atom. The summed E-state index contributed by atoms with van der Waals surface area (Å²) in [6.07, 6.45) is 5.21. The Bertz CT molecular complexity index is 651. The van der Waals surface area contributed by atoms with Crippen LogP contribution in [0.1, 0.15) is 5.56 Å². The molecule has 0 atom stereocenters. The van der Waals surface area contributed by atoms with Gasteiger partial charge in [-0.25, -0.2) is 0 Å². The van der Waals surface area contributed by atoms with E-state index < -0.39 is 0 Å². The van der Waals surface area contributed by atoms with Crippen LogP contribution in [0.15, 0.2) is 53.5 Å². The Morgan fingerprint density at radius 3 is 2.75 bits per heavy atom. The van der Waals surface area contributed by atoms with Crippen LogP contribution in [0, 0.1) is 0 Å². The van der Waals surface area contributed by atoms with Gasteiger partial charge in [-0.1, -0.05) is 23.7 Å². The molecule has 2 aromatic carbocycles. The Labute approximate surface area is 122 Å². The van der Waals surface area contributed by atoms with Crippen molar-refractivity contribution >= 4 is 29.6 Å². The van der Waals surface area contributed by atoms with Crippen LogP contribution in [0.3, 0.4) is 0 Å². The number of hydrogen-bond donors (Lipinski definition) is 1. The smallest absolute Gasteiger partial charge is 0.141 e. The number of nitrogens with zero attached hydrogens (tertiary/aromatic N) is 1. The molecule has 0 unspecified atom stereocenters. The van der Waals surface area contributed by atoms with Gasteiger partial charge in [0.05, 0.1) is 7.11 Å². The molecule has 102 valence electrons. The summed E-state index contributed by atoms with van der Waals surface area (Å²) in [6, 6.07) is 12.3. The zero-order valence-corrected chi connectivity index (χ0v) is 11.7.